The Morgan fingerprint density at radius 1 is 1.56 bits per heavy atom. The summed E-state index contributed by atoms with van der Waals surface area (Å²) < 4.78 is 0. The van der Waals surface area contributed by atoms with Crippen LogP contribution in [0.2, 0.25) is 0 Å². The van der Waals surface area contributed by atoms with Crippen LogP contribution in [0.15, 0.2) is 18.2 Å². The van der Waals surface area contributed by atoms with Crippen LogP contribution in [0.4, 0.5) is 10.5 Å². The first kappa shape index (κ1) is 10.9. The van der Waals surface area contributed by atoms with Gasteiger partial charge in [-0.25, -0.2) is 4.79 Å². The van der Waals surface area contributed by atoms with Gasteiger partial charge in [-0.05, 0) is 30.2 Å². The molecule has 1 spiro atoms. The van der Waals surface area contributed by atoms with E-state index in [9.17, 15) is 4.79 Å². The minimum atomic E-state index is -0.864. The van der Waals surface area contributed by atoms with Gasteiger partial charge in [-0.15, -0.1) is 0 Å². The van der Waals surface area contributed by atoms with E-state index >= 15 is 0 Å². The smallest absolute Gasteiger partial charge is 0.407 e. The maximum atomic E-state index is 11.0. The topological polar surface area (TPSA) is 76.4 Å². The number of hydrogen-bond acceptors (Lipinski definition) is 3. The van der Waals surface area contributed by atoms with Crippen molar-refractivity contribution >= 4 is 11.8 Å². The van der Waals surface area contributed by atoms with Crippen LogP contribution < -0.4 is 5.32 Å². The molecule has 2 heterocycles. The van der Waals surface area contributed by atoms with Gasteiger partial charge in [0, 0.05) is 30.7 Å². The van der Waals surface area contributed by atoms with E-state index in [2.05, 4.69) is 11.4 Å². The van der Waals surface area contributed by atoms with Crippen LogP contribution in [-0.4, -0.2) is 35.7 Å². The highest BCUT2D eigenvalue weighted by atomic mass is 16.4. The zero-order chi connectivity index (χ0) is 12.8. The standard InChI is InChI=1S/C13H13N3O2/c14-6-9-1-2-11-10(5-9)13(7-15-11)3-4-16(8-13)12(17)18/h1-2,5,15H,3-4,7-8H2,(H,17,18). The number of rotatable bonds is 0. The molecular weight excluding hydrogens is 230 g/mol. The number of fused-ring (bicyclic) bond motifs is 2. The number of hydrogen-bond donors (Lipinski definition) is 2. The third-order valence-electron chi connectivity index (χ3n) is 3.96. The molecule has 3 rings (SSSR count). The van der Waals surface area contributed by atoms with Gasteiger partial charge in [0.05, 0.1) is 11.6 Å². The van der Waals surface area contributed by atoms with Crippen molar-refractivity contribution in [1.82, 2.24) is 4.90 Å². The van der Waals surface area contributed by atoms with Crippen molar-refractivity contribution in [1.29, 1.82) is 5.26 Å². The normalized spacial score (nSPS) is 24.7. The molecule has 1 aromatic carbocycles. The molecule has 1 unspecified atom stereocenters. The van der Waals surface area contributed by atoms with E-state index in [-0.39, 0.29) is 5.41 Å². The second kappa shape index (κ2) is 3.64. The van der Waals surface area contributed by atoms with E-state index in [1.807, 2.05) is 12.1 Å². The Bertz CT molecular complexity index is 564. The second-order valence-electron chi connectivity index (χ2n) is 4.96. The molecule has 92 valence electrons. The maximum absolute atomic E-state index is 11.0. The van der Waals surface area contributed by atoms with Gasteiger partial charge in [0.25, 0.3) is 0 Å². The van der Waals surface area contributed by atoms with E-state index < -0.39 is 6.09 Å². The Morgan fingerprint density at radius 2 is 2.39 bits per heavy atom. The fraction of sp³-hybridized carbons (Fsp3) is 0.385. The van der Waals surface area contributed by atoms with Crippen molar-refractivity contribution in [2.24, 2.45) is 0 Å². The number of nitrogens with zero attached hydrogens (tertiary/aromatic N) is 2. The van der Waals surface area contributed by atoms with Crippen LogP contribution in [0.25, 0.3) is 0 Å². The predicted molar refractivity (Wildman–Crippen MR) is 65.5 cm³/mol. The largest absolute Gasteiger partial charge is 0.465 e. The molecule has 0 saturated carbocycles. The molecule has 1 amide bonds. The number of nitriles is 1. The first-order chi connectivity index (χ1) is 8.64. The van der Waals surface area contributed by atoms with E-state index in [0.717, 1.165) is 24.2 Å². The second-order valence-corrected chi connectivity index (χ2v) is 4.96. The van der Waals surface area contributed by atoms with Gasteiger partial charge in [-0.1, -0.05) is 0 Å². The highest BCUT2D eigenvalue weighted by Gasteiger charge is 2.45. The number of nitrogens with one attached hydrogen (secondary N) is 1. The molecule has 2 N–H and O–H groups in total. The van der Waals surface area contributed by atoms with Gasteiger partial charge in [0.15, 0.2) is 0 Å². The van der Waals surface area contributed by atoms with Crippen molar-refractivity contribution in [2.45, 2.75) is 11.8 Å². The average molecular weight is 243 g/mol. The third-order valence-corrected chi connectivity index (χ3v) is 3.96. The van der Waals surface area contributed by atoms with Crippen LogP contribution in [0.3, 0.4) is 0 Å². The van der Waals surface area contributed by atoms with Gasteiger partial charge in [-0.3, -0.25) is 0 Å². The Kier molecular flexibility index (Phi) is 2.20. The molecule has 2 aliphatic rings. The Balaban J connectivity index is 2.00. The SMILES string of the molecule is N#Cc1ccc2c(c1)C1(CCN(C(=O)O)C1)CN2. The molecule has 1 saturated heterocycles. The van der Waals surface area contributed by atoms with E-state index in [0.29, 0.717) is 18.7 Å². The Morgan fingerprint density at radius 3 is 3.06 bits per heavy atom. The van der Waals surface area contributed by atoms with Crippen molar-refractivity contribution < 1.29 is 9.90 Å². The zero-order valence-electron chi connectivity index (χ0n) is 9.81. The lowest BCUT2D eigenvalue weighted by molar-refractivity contribution is 0.153. The van der Waals surface area contributed by atoms with Crippen LogP contribution in [0.5, 0.6) is 0 Å². The van der Waals surface area contributed by atoms with Gasteiger partial charge in [0.2, 0.25) is 0 Å². The molecule has 0 radical (unpaired) electrons. The number of benzene rings is 1. The van der Waals surface area contributed by atoms with Gasteiger partial charge < -0.3 is 15.3 Å². The fourth-order valence-electron chi connectivity index (χ4n) is 2.97. The summed E-state index contributed by atoms with van der Waals surface area (Å²) in [4.78, 5) is 12.5. The summed E-state index contributed by atoms with van der Waals surface area (Å²) in [7, 11) is 0. The molecule has 5 nitrogen and oxygen atoms in total. The number of carbonyl (C=O) groups is 1. The molecule has 1 aromatic rings. The maximum Gasteiger partial charge on any atom is 0.407 e. The number of carboxylic acid groups (broad SMARTS) is 1. The first-order valence-corrected chi connectivity index (χ1v) is 5.91. The lowest BCUT2D eigenvalue weighted by Gasteiger charge is -2.23. The van der Waals surface area contributed by atoms with Crippen LogP contribution >= 0.6 is 0 Å². The fourth-order valence-corrected chi connectivity index (χ4v) is 2.97. The quantitative estimate of drug-likeness (QED) is 0.725. The van der Waals surface area contributed by atoms with Crippen molar-refractivity contribution in [2.75, 3.05) is 25.0 Å². The Labute approximate surface area is 105 Å². The van der Waals surface area contributed by atoms with E-state index in [4.69, 9.17) is 10.4 Å². The summed E-state index contributed by atoms with van der Waals surface area (Å²) in [6.07, 6.45) is -0.0504. The van der Waals surface area contributed by atoms with Crippen molar-refractivity contribution in [3.8, 4) is 6.07 Å². The van der Waals surface area contributed by atoms with Gasteiger partial charge in [-0.2, -0.15) is 5.26 Å². The zero-order valence-corrected chi connectivity index (χ0v) is 9.81. The number of likely N-dealkylation sites (tertiary alicyclic amines) is 1. The highest BCUT2D eigenvalue weighted by Crippen LogP contribution is 2.43. The highest BCUT2D eigenvalue weighted by molar-refractivity contribution is 5.68. The molecule has 18 heavy (non-hydrogen) atoms. The van der Waals surface area contributed by atoms with Gasteiger partial charge >= 0.3 is 6.09 Å². The van der Waals surface area contributed by atoms with Crippen molar-refractivity contribution in [3.05, 3.63) is 29.3 Å². The minimum absolute atomic E-state index is 0.152. The number of anilines is 1. The summed E-state index contributed by atoms with van der Waals surface area (Å²) in [5.41, 5.74) is 2.60. The summed E-state index contributed by atoms with van der Waals surface area (Å²) in [5.74, 6) is 0. The lowest BCUT2D eigenvalue weighted by Crippen LogP contribution is -2.35. The molecule has 2 aliphatic heterocycles. The Hall–Kier alpha value is -2.22. The van der Waals surface area contributed by atoms with E-state index in [1.165, 1.54) is 4.90 Å². The van der Waals surface area contributed by atoms with Crippen LogP contribution in [0.1, 0.15) is 17.5 Å². The molecule has 5 heteroatoms. The summed E-state index contributed by atoms with van der Waals surface area (Å²) in [5, 5.41) is 21.3. The molecule has 0 bridgehead atoms. The summed E-state index contributed by atoms with van der Waals surface area (Å²) in [6, 6.07) is 7.72. The molecular formula is C13H13N3O2. The lowest BCUT2D eigenvalue weighted by atomic mass is 9.81. The molecule has 1 fully saturated rings. The van der Waals surface area contributed by atoms with Gasteiger partial charge in [0.1, 0.15) is 0 Å². The summed E-state index contributed by atoms with van der Waals surface area (Å²) in [6.45, 7) is 1.82. The molecule has 1 atom stereocenters. The molecule has 0 aliphatic carbocycles. The van der Waals surface area contributed by atoms with E-state index in [1.54, 1.807) is 6.07 Å². The monoisotopic (exact) mass is 243 g/mol. The van der Waals surface area contributed by atoms with Crippen LogP contribution in [-0.2, 0) is 5.41 Å². The molecule has 0 aromatic heterocycles. The first-order valence-electron chi connectivity index (χ1n) is 5.91. The summed E-state index contributed by atoms with van der Waals surface area (Å²) >= 11 is 0. The number of amides is 1. The predicted octanol–water partition coefficient (Wildman–Crippen LogP) is 1.61. The minimum Gasteiger partial charge on any atom is -0.465 e. The van der Waals surface area contributed by atoms with Crippen LogP contribution in [0, 0.1) is 11.3 Å². The third kappa shape index (κ3) is 1.42. The van der Waals surface area contributed by atoms with Crippen molar-refractivity contribution in [3.63, 3.8) is 0 Å². The average Bonchev–Trinajstić information content (AvgIpc) is 2.96.